The molecule has 1 aliphatic carbocycles. The maximum atomic E-state index is 14.0. The molecule has 0 unspecified atom stereocenters. The number of ketones is 1. The van der Waals surface area contributed by atoms with E-state index in [4.69, 9.17) is 23.2 Å². The second kappa shape index (κ2) is 7.94. The van der Waals surface area contributed by atoms with E-state index in [9.17, 15) is 80.1 Å². The molecule has 1 aromatic rings. The molecule has 0 saturated heterocycles. The number of hydrogen-bond acceptors (Lipinski definition) is 2. The van der Waals surface area contributed by atoms with Crippen LogP contribution in [0.2, 0.25) is 10.0 Å². The molecule has 0 atom stereocenters. The number of rotatable bonds is 3. The van der Waals surface area contributed by atoms with E-state index in [2.05, 4.69) is 0 Å². The normalized spacial score (nSPS) is 22.6. The van der Waals surface area contributed by atoms with Crippen molar-refractivity contribution in [1.29, 1.82) is 0 Å². The number of halogens is 18. The number of hydrogen-bond donors (Lipinski definition) is 1. The smallest absolute Gasteiger partial charge is 0.422 e. The summed E-state index contributed by atoms with van der Waals surface area (Å²) in [6, 6.07) is 0. The highest BCUT2D eigenvalue weighted by Gasteiger charge is 3.06. The van der Waals surface area contributed by atoms with Gasteiger partial charge in [-0.25, -0.2) is 8.78 Å². The van der Waals surface area contributed by atoms with E-state index >= 15 is 0 Å². The van der Waals surface area contributed by atoms with Crippen LogP contribution in [0, 0.1) is 17.0 Å². The topological polar surface area (TPSA) is 37.3 Å². The highest BCUT2D eigenvalue weighted by Crippen LogP contribution is 2.75. The first kappa shape index (κ1) is 30.1. The number of aliphatic hydroxyl groups is 1. The van der Waals surface area contributed by atoms with Gasteiger partial charge in [0.2, 0.25) is 0 Å². The van der Waals surface area contributed by atoms with Gasteiger partial charge in [0, 0.05) is 6.08 Å². The van der Waals surface area contributed by atoms with Crippen LogP contribution in [0.3, 0.4) is 0 Å². The lowest BCUT2D eigenvalue weighted by molar-refractivity contribution is -0.341. The van der Waals surface area contributed by atoms with Crippen molar-refractivity contribution < 1.29 is 80.1 Å². The molecule has 0 radical (unpaired) electrons. The van der Waals surface area contributed by atoms with Gasteiger partial charge in [-0.1, -0.05) is 23.2 Å². The first-order chi connectivity index (χ1) is 15.7. The third-order valence-electron chi connectivity index (χ3n) is 4.99. The van der Waals surface area contributed by atoms with Crippen molar-refractivity contribution in [2.45, 2.75) is 36.0 Å². The molecular weight excluding hydrogens is 599 g/mol. The summed E-state index contributed by atoms with van der Waals surface area (Å²) in [6.45, 7) is 0. The summed E-state index contributed by atoms with van der Waals surface area (Å²) in [4.78, 5) is 12.0. The van der Waals surface area contributed by atoms with Crippen LogP contribution in [0.5, 0.6) is 0 Å². The van der Waals surface area contributed by atoms with Gasteiger partial charge in [-0.05, 0) is 0 Å². The van der Waals surface area contributed by atoms with Crippen molar-refractivity contribution in [1.82, 2.24) is 0 Å². The van der Waals surface area contributed by atoms with Gasteiger partial charge in [-0.2, -0.15) is 61.5 Å². The number of benzene rings is 1. The molecule has 1 fully saturated rings. The zero-order valence-electron chi connectivity index (χ0n) is 15.7. The molecule has 20 heteroatoms. The molecule has 0 aliphatic heterocycles. The Balaban J connectivity index is 2.95. The van der Waals surface area contributed by atoms with E-state index in [0.29, 0.717) is 0 Å². The Morgan fingerprint density at radius 3 is 1.33 bits per heavy atom. The summed E-state index contributed by atoms with van der Waals surface area (Å²) in [5.41, 5.74) is -12.4. The third kappa shape index (κ3) is 3.31. The van der Waals surface area contributed by atoms with Gasteiger partial charge in [-0.15, -0.1) is 0 Å². The third-order valence-corrected chi connectivity index (χ3v) is 5.70. The van der Waals surface area contributed by atoms with Crippen molar-refractivity contribution in [2.75, 3.05) is 0 Å². The van der Waals surface area contributed by atoms with Crippen molar-refractivity contribution in [3.05, 3.63) is 38.9 Å². The lowest BCUT2D eigenvalue weighted by atomic mass is 9.74. The number of aliphatic hydroxyl groups excluding tert-OH is 1. The van der Waals surface area contributed by atoms with Crippen LogP contribution in [0.4, 0.5) is 70.2 Å². The molecule has 204 valence electrons. The van der Waals surface area contributed by atoms with Crippen LogP contribution in [-0.4, -0.2) is 40.8 Å². The summed E-state index contributed by atoms with van der Waals surface area (Å²) >= 11 is 10.1. The predicted molar refractivity (Wildman–Crippen MR) is 85.3 cm³/mol. The molecule has 0 spiro atoms. The molecule has 0 bridgehead atoms. The highest BCUT2D eigenvalue weighted by atomic mass is 35.5. The number of alkyl halides is 14. The van der Waals surface area contributed by atoms with Gasteiger partial charge in [0.25, 0.3) is 5.41 Å². The summed E-state index contributed by atoms with van der Waals surface area (Å²) in [5.74, 6) is -43.0. The summed E-state index contributed by atoms with van der Waals surface area (Å²) in [7, 11) is 0. The van der Waals surface area contributed by atoms with Crippen LogP contribution in [0.25, 0.3) is 5.76 Å². The monoisotopic (exact) mass is 600 g/mol. The van der Waals surface area contributed by atoms with Gasteiger partial charge >= 0.3 is 36.0 Å². The first-order valence-corrected chi connectivity index (χ1v) is 8.91. The minimum Gasteiger partial charge on any atom is -0.507 e. The summed E-state index contributed by atoms with van der Waals surface area (Å²) < 4.78 is 216. The van der Waals surface area contributed by atoms with Gasteiger partial charge in [0.1, 0.15) is 11.3 Å². The average Bonchev–Trinajstić information content (AvgIpc) is 2.69. The SMILES string of the molecule is O=C(/C=C(\O)c1c(Cl)c(F)c(C(F)(F)F)c(F)c1Cl)C1(C(F)(F)F)C(F)(F)C(F)(F)C(F)(F)C1(F)F. The maximum Gasteiger partial charge on any atom is 0.422 e. The first-order valence-electron chi connectivity index (χ1n) is 8.16. The van der Waals surface area contributed by atoms with Crippen LogP contribution < -0.4 is 0 Å². The average molecular weight is 601 g/mol. The second-order valence-electron chi connectivity index (χ2n) is 6.94. The van der Waals surface area contributed by atoms with Crippen LogP contribution in [0.1, 0.15) is 11.1 Å². The maximum absolute atomic E-state index is 14.0. The fourth-order valence-electron chi connectivity index (χ4n) is 3.28. The van der Waals surface area contributed by atoms with E-state index < -0.39 is 91.9 Å². The van der Waals surface area contributed by atoms with E-state index in [1.807, 2.05) is 0 Å². The minimum absolute atomic E-state index is 1.55. The number of allylic oxidation sites excluding steroid dienone is 1. The van der Waals surface area contributed by atoms with E-state index in [1.54, 1.807) is 0 Å². The second-order valence-corrected chi connectivity index (χ2v) is 7.70. The van der Waals surface area contributed by atoms with E-state index in [-0.39, 0.29) is 0 Å². The fourth-order valence-corrected chi connectivity index (χ4v) is 3.90. The number of carbonyl (C=O) groups excluding carboxylic acids is 1. The molecule has 1 saturated carbocycles. The Hall–Kier alpha value is -2.11. The fraction of sp³-hybridized carbons (Fsp3) is 0.438. The van der Waals surface area contributed by atoms with Crippen molar-refractivity contribution in [2.24, 2.45) is 5.41 Å². The Morgan fingerprint density at radius 2 is 1.06 bits per heavy atom. The quantitative estimate of drug-likeness (QED) is 0.166. The molecule has 1 N–H and O–H groups in total. The Morgan fingerprint density at radius 1 is 0.722 bits per heavy atom. The summed E-state index contributed by atoms with van der Waals surface area (Å²) in [5, 5.41) is 5.29. The largest absolute Gasteiger partial charge is 0.507 e. The van der Waals surface area contributed by atoms with Crippen molar-refractivity contribution >= 4 is 34.7 Å². The van der Waals surface area contributed by atoms with Crippen molar-refractivity contribution in [3.8, 4) is 0 Å². The summed E-state index contributed by atoms with van der Waals surface area (Å²) in [6.07, 6.45) is -15.1. The van der Waals surface area contributed by atoms with E-state index in [0.717, 1.165) is 0 Å². The minimum atomic E-state index is -7.65. The Kier molecular flexibility index (Phi) is 6.65. The van der Waals surface area contributed by atoms with E-state index in [1.165, 1.54) is 0 Å². The van der Waals surface area contributed by atoms with Crippen LogP contribution >= 0.6 is 23.2 Å². The zero-order chi connectivity index (χ0) is 28.8. The Bertz CT molecular complexity index is 1090. The van der Waals surface area contributed by atoms with Gasteiger partial charge in [0.15, 0.2) is 17.4 Å². The molecule has 36 heavy (non-hydrogen) atoms. The van der Waals surface area contributed by atoms with Crippen molar-refractivity contribution in [3.63, 3.8) is 0 Å². The van der Waals surface area contributed by atoms with Crippen LogP contribution in [-0.2, 0) is 11.0 Å². The molecule has 2 nitrogen and oxygen atoms in total. The molecule has 2 rings (SSSR count). The lowest BCUT2D eigenvalue weighted by Gasteiger charge is -2.37. The molecule has 1 aromatic carbocycles. The standard InChI is InChI=1S/C16H2Cl2F16O2/c17-6-4(7(18)9(20)5(8(6)19)11(21,22)23)2(35)1-3(36)10(16(32,33)34)12(24,25)14(28,29)15(30,31)13(10,26)27/h1,35H/b2-1-. The number of carbonyl (C=O) groups is 1. The van der Waals surface area contributed by atoms with Gasteiger partial charge < -0.3 is 5.11 Å². The molecule has 0 aromatic heterocycles. The van der Waals surface area contributed by atoms with Gasteiger partial charge in [-0.3, -0.25) is 4.79 Å². The van der Waals surface area contributed by atoms with Crippen LogP contribution in [0.15, 0.2) is 6.08 Å². The molecular formula is C16H2Cl2F16O2. The van der Waals surface area contributed by atoms with Gasteiger partial charge in [0.05, 0.1) is 15.6 Å². The molecule has 1 aliphatic rings. The molecule has 0 heterocycles. The molecule has 0 amide bonds. The lowest BCUT2D eigenvalue weighted by Crippen LogP contribution is -2.64. The highest BCUT2D eigenvalue weighted by molar-refractivity contribution is 6.38. The predicted octanol–water partition coefficient (Wildman–Crippen LogP) is 7.86. The zero-order valence-corrected chi connectivity index (χ0v) is 17.2. The Labute approximate surface area is 196 Å².